The lowest BCUT2D eigenvalue weighted by atomic mass is 10.2. The highest BCUT2D eigenvalue weighted by Gasteiger charge is 2.33. The van der Waals surface area contributed by atoms with Gasteiger partial charge in [-0.15, -0.1) is 10.2 Å². The number of hydrogen-bond acceptors (Lipinski definition) is 6. The number of rotatable bonds is 5. The van der Waals surface area contributed by atoms with Crippen molar-refractivity contribution in [3.63, 3.8) is 0 Å². The maximum atomic E-state index is 13.3. The topological polar surface area (TPSA) is 77.3 Å². The van der Waals surface area contributed by atoms with Gasteiger partial charge in [0, 0.05) is 29.7 Å². The van der Waals surface area contributed by atoms with Gasteiger partial charge in [-0.05, 0) is 61.4 Å². The van der Waals surface area contributed by atoms with Crippen molar-refractivity contribution >= 4 is 35.2 Å². The maximum absolute atomic E-state index is 13.3. The molecule has 1 aromatic heterocycles. The lowest BCUT2D eigenvalue weighted by Crippen LogP contribution is -2.41. The van der Waals surface area contributed by atoms with Gasteiger partial charge < -0.3 is 9.30 Å². The zero-order valence-corrected chi connectivity index (χ0v) is 19.4. The van der Waals surface area contributed by atoms with Gasteiger partial charge in [0.2, 0.25) is 5.91 Å². The monoisotopic (exact) mass is 470 g/mol. The summed E-state index contributed by atoms with van der Waals surface area (Å²) in [7, 11) is 3.50. The quantitative estimate of drug-likeness (QED) is 0.512. The van der Waals surface area contributed by atoms with Gasteiger partial charge in [-0.25, -0.2) is 0 Å². The van der Waals surface area contributed by atoms with E-state index >= 15 is 0 Å². The maximum Gasteiger partial charge on any atom is 0.260 e. The molecule has 9 heteroatoms. The van der Waals surface area contributed by atoms with E-state index in [-0.39, 0.29) is 11.8 Å². The number of benzene rings is 2. The van der Waals surface area contributed by atoms with Crippen molar-refractivity contribution in [2.75, 3.05) is 13.7 Å². The molecule has 0 unspecified atom stereocenters. The second-order valence-corrected chi connectivity index (χ2v) is 9.10. The fourth-order valence-electron chi connectivity index (χ4n) is 3.60. The molecule has 1 aliphatic rings. The summed E-state index contributed by atoms with van der Waals surface area (Å²) in [6.45, 7) is 0.410. The van der Waals surface area contributed by atoms with Crippen molar-refractivity contribution in [3.05, 3.63) is 59.1 Å². The molecule has 1 saturated heterocycles. The summed E-state index contributed by atoms with van der Waals surface area (Å²) in [6, 6.07) is 14.2. The molecular formula is C23H23ClN4O3S. The number of thioether (sulfide) groups is 1. The van der Waals surface area contributed by atoms with Crippen LogP contribution in [0.25, 0.3) is 11.4 Å². The zero-order valence-electron chi connectivity index (χ0n) is 17.8. The zero-order chi connectivity index (χ0) is 22.7. The summed E-state index contributed by atoms with van der Waals surface area (Å²) in [6.07, 6.45) is 2.31. The van der Waals surface area contributed by atoms with Crippen LogP contribution in [0.15, 0.2) is 53.7 Å². The van der Waals surface area contributed by atoms with Gasteiger partial charge in [0.05, 0.1) is 12.4 Å². The largest absolute Gasteiger partial charge is 0.497 e. The van der Waals surface area contributed by atoms with Crippen molar-refractivity contribution in [2.24, 2.45) is 7.05 Å². The Morgan fingerprint density at radius 1 is 1.09 bits per heavy atom. The summed E-state index contributed by atoms with van der Waals surface area (Å²) in [5.74, 6) is 0.975. The van der Waals surface area contributed by atoms with Gasteiger partial charge in [0.15, 0.2) is 11.0 Å². The Morgan fingerprint density at radius 2 is 1.81 bits per heavy atom. The molecule has 0 aliphatic carbocycles. The first-order valence-corrected chi connectivity index (χ1v) is 11.6. The Labute approximate surface area is 195 Å². The van der Waals surface area contributed by atoms with Crippen LogP contribution in [0.1, 0.15) is 29.6 Å². The molecule has 32 heavy (non-hydrogen) atoms. The van der Waals surface area contributed by atoms with E-state index in [2.05, 4.69) is 10.2 Å². The molecule has 2 heterocycles. The lowest BCUT2D eigenvalue weighted by Gasteiger charge is -2.22. The summed E-state index contributed by atoms with van der Waals surface area (Å²) < 4.78 is 7.08. The third kappa shape index (κ3) is 4.66. The molecule has 3 aromatic rings. The van der Waals surface area contributed by atoms with Gasteiger partial charge in [0.25, 0.3) is 5.91 Å². The summed E-state index contributed by atoms with van der Waals surface area (Å²) in [4.78, 5) is 27.6. The second-order valence-electron chi connectivity index (χ2n) is 7.50. The predicted octanol–water partition coefficient (Wildman–Crippen LogP) is 4.46. The van der Waals surface area contributed by atoms with Crippen LogP contribution in [0.3, 0.4) is 0 Å². The van der Waals surface area contributed by atoms with Crippen molar-refractivity contribution in [1.29, 1.82) is 0 Å². The summed E-state index contributed by atoms with van der Waals surface area (Å²) in [5.41, 5.74) is 1.35. The number of aromatic nitrogens is 3. The molecule has 0 spiro atoms. The average Bonchev–Trinajstić information content (AvgIpc) is 3.07. The van der Waals surface area contributed by atoms with Crippen LogP contribution in [0, 0.1) is 0 Å². The highest BCUT2D eigenvalue weighted by atomic mass is 35.5. The molecule has 1 aliphatic heterocycles. The first kappa shape index (κ1) is 22.4. The molecule has 166 valence electrons. The number of carbonyl (C=O) groups excluding carboxylic acids is 2. The third-order valence-electron chi connectivity index (χ3n) is 5.41. The summed E-state index contributed by atoms with van der Waals surface area (Å²) >= 11 is 7.28. The third-order valence-corrected chi connectivity index (χ3v) is 6.95. The standard InChI is InChI=1S/C23H23ClN4O3S/c1-27-20(15-8-12-18(31-2)13-9-15)25-26-23(27)32-19-5-3-4-14-28(22(19)30)21(29)16-6-10-17(24)11-7-16/h6-13,19H,3-5,14H2,1-2H3/t19-/m1/s1. The number of ether oxygens (including phenoxy) is 1. The molecule has 7 nitrogen and oxygen atoms in total. The molecule has 2 aromatic carbocycles. The predicted molar refractivity (Wildman–Crippen MR) is 124 cm³/mol. The Bertz CT molecular complexity index is 1120. The van der Waals surface area contributed by atoms with Gasteiger partial charge in [-0.3, -0.25) is 14.5 Å². The van der Waals surface area contributed by atoms with E-state index in [1.165, 1.54) is 16.7 Å². The first-order valence-electron chi connectivity index (χ1n) is 10.3. The molecule has 0 radical (unpaired) electrons. The van der Waals surface area contributed by atoms with Crippen molar-refractivity contribution < 1.29 is 14.3 Å². The van der Waals surface area contributed by atoms with Gasteiger partial charge >= 0.3 is 0 Å². The lowest BCUT2D eigenvalue weighted by molar-refractivity contribution is -0.127. The molecular weight excluding hydrogens is 448 g/mol. The SMILES string of the molecule is COc1ccc(-c2nnc(S[C@@H]3CCCCN(C(=O)c4ccc(Cl)cc4)C3=O)n2C)cc1. The minimum absolute atomic E-state index is 0.193. The molecule has 1 fully saturated rings. The number of nitrogens with zero attached hydrogens (tertiary/aromatic N) is 4. The van der Waals surface area contributed by atoms with Crippen LogP contribution >= 0.6 is 23.4 Å². The van der Waals surface area contributed by atoms with Crippen LogP contribution < -0.4 is 4.74 Å². The molecule has 4 rings (SSSR count). The molecule has 0 N–H and O–H groups in total. The van der Waals surface area contributed by atoms with E-state index < -0.39 is 5.25 Å². The number of methoxy groups -OCH3 is 1. The van der Waals surface area contributed by atoms with E-state index in [1.807, 2.05) is 35.9 Å². The van der Waals surface area contributed by atoms with Crippen LogP contribution in [0.2, 0.25) is 5.02 Å². The van der Waals surface area contributed by atoms with Crippen molar-refractivity contribution in [2.45, 2.75) is 29.7 Å². The van der Waals surface area contributed by atoms with Crippen LogP contribution in [-0.2, 0) is 11.8 Å². The fourth-order valence-corrected chi connectivity index (χ4v) is 4.83. The number of hydrogen-bond donors (Lipinski definition) is 0. The van der Waals surface area contributed by atoms with Crippen LogP contribution in [0.4, 0.5) is 0 Å². The minimum Gasteiger partial charge on any atom is -0.497 e. The highest BCUT2D eigenvalue weighted by molar-refractivity contribution is 8.00. The Balaban J connectivity index is 1.53. The van der Waals surface area contributed by atoms with Gasteiger partial charge in [0.1, 0.15) is 5.75 Å². The van der Waals surface area contributed by atoms with Crippen LogP contribution in [0.5, 0.6) is 5.75 Å². The van der Waals surface area contributed by atoms with Crippen LogP contribution in [-0.4, -0.2) is 50.4 Å². The number of carbonyl (C=O) groups is 2. The number of imide groups is 1. The molecule has 0 bridgehead atoms. The van der Waals surface area contributed by atoms with E-state index in [0.717, 1.165) is 24.2 Å². The highest BCUT2D eigenvalue weighted by Crippen LogP contribution is 2.31. The Morgan fingerprint density at radius 3 is 2.50 bits per heavy atom. The van der Waals surface area contributed by atoms with Gasteiger partial charge in [-0.2, -0.15) is 0 Å². The first-order chi connectivity index (χ1) is 15.5. The normalized spacial score (nSPS) is 16.7. The summed E-state index contributed by atoms with van der Waals surface area (Å²) in [5, 5.41) is 9.40. The molecule has 2 amide bonds. The average molecular weight is 471 g/mol. The number of halogens is 1. The van der Waals surface area contributed by atoms with E-state index in [0.29, 0.717) is 34.5 Å². The second kappa shape index (κ2) is 9.75. The Hall–Kier alpha value is -2.84. The molecule has 1 atom stereocenters. The minimum atomic E-state index is -0.402. The fraction of sp³-hybridized carbons (Fsp3) is 0.304. The number of amides is 2. The smallest absolute Gasteiger partial charge is 0.260 e. The van der Waals surface area contributed by atoms with E-state index in [9.17, 15) is 9.59 Å². The van der Waals surface area contributed by atoms with E-state index in [1.54, 1.807) is 31.4 Å². The van der Waals surface area contributed by atoms with Crippen molar-refractivity contribution in [1.82, 2.24) is 19.7 Å². The molecule has 0 saturated carbocycles. The van der Waals surface area contributed by atoms with Gasteiger partial charge in [-0.1, -0.05) is 29.8 Å². The van der Waals surface area contributed by atoms with E-state index in [4.69, 9.17) is 16.3 Å². The Kier molecular flexibility index (Phi) is 6.81. The van der Waals surface area contributed by atoms with Crippen molar-refractivity contribution in [3.8, 4) is 17.1 Å². The number of likely N-dealkylation sites (tertiary alicyclic amines) is 1.